The molecule has 0 unspecified atom stereocenters. The number of rotatable bonds is 1. The first-order valence-corrected chi connectivity index (χ1v) is 3.27. The first-order chi connectivity index (χ1) is 3.42. The van der Waals surface area contributed by atoms with Crippen molar-refractivity contribution in [2.75, 3.05) is 0 Å². The van der Waals surface area contributed by atoms with Gasteiger partial charge in [0, 0.05) is 11.6 Å². The van der Waals surface area contributed by atoms with Gasteiger partial charge in [0.1, 0.15) is 0 Å². The van der Waals surface area contributed by atoms with Gasteiger partial charge in [0.25, 0.3) is 0 Å². The van der Waals surface area contributed by atoms with Crippen LogP contribution in [0.2, 0.25) is 0 Å². The molecule has 0 bridgehead atoms. The summed E-state index contributed by atoms with van der Waals surface area (Å²) in [7, 11) is -4.70. The molecule has 0 saturated heterocycles. The fraction of sp³-hybridized carbons (Fsp3) is 0. The predicted octanol–water partition coefficient (Wildman–Crippen LogP) is 0.454. The molecular formula is CH2ClO5P. The van der Waals surface area contributed by atoms with Crippen molar-refractivity contribution in [2.45, 2.75) is 0 Å². The van der Waals surface area contributed by atoms with Crippen LogP contribution in [0.3, 0.4) is 0 Å². The van der Waals surface area contributed by atoms with E-state index in [1.807, 2.05) is 0 Å². The maximum absolute atomic E-state index is 9.61. The van der Waals surface area contributed by atoms with Gasteiger partial charge in [-0.05, 0) is 0 Å². The molecule has 0 rings (SSSR count). The Morgan fingerprint density at radius 2 is 2.00 bits per heavy atom. The number of hydrogen-bond acceptors (Lipinski definition) is 3. The van der Waals surface area contributed by atoms with Gasteiger partial charge in [-0.25, -0.2) is 9.36 Å². The summed E-state index contributed by atoms with van der Waals surface area (Å²) in [6, 6.07) is 0. The SMILES string of the molecule is O=C(Cl)OP(=O)(O)O. The van der Waals surface area contributed by atoms with Crippen molar-refractivity contribution in [1.29, 1.82) is 0 Å². The molecule has 2 N–H and O–H groups in total. The molecule has 0 radical (unpaired) electrons. The average Bonchev–Trinajstić information content (AvgIpc) is 1.21. The normalized spacial score (nSPS) is 10.9. The Morgan fingerprint density at radius 1 is 1.62 bits per heavy atom. The van der Waals surface area contributed by atoms with Crippen molar-refractivity contribution in [2.24, 2.45) is 0 Å². The maximum Gasteiger partial charge on any atom is 0.527 e. The Bertz CT molecular complexity index is 135. The van der Waals surface area contributed by atoms with Crippen LogP contribution in [0.1, 0.15) is 0 Å². The topological polar surface area (TPSA) is 83.8 Å². The molecule has 0 aliphatic rings. The number of phosphoric ester groups is 1. The maximum atomic E-state index is 9.61. The van der Waals surface area contributed by atoms with Crippen LogP contribution < -0.4 is 0 Å². The highest BCUT2D eigenvalue weighted by Crippen LogP contribution is 2.36. The first-order valence-electron chi connectivity index (χ1n) is 1.36. The van der Waals surface area contributed by atoms with Crippen LogP contribution in [-0.2, 0) is 9.09 Å². The van der Waals surface area contributed by atoms with E-state index < -0.39 is 13.3 Å². The Morgan fingerprint density at radius 3 is 2.00 bits per heavy atom. The van der Waals surface area contributed by atoms with E-state index in [0.29, 0.717) is 0 Å². The third kappa shape index (κ3) is 5.91. The minimum atomic E-state index is -4.70. The zero-order valence-electron chi connectivity index (χ0n) is 3.44. The van der Waals surface area contributed by atoms with E-state index >= 15 is 0 Å². The summed E-state index contributed by atoms with van der Waals surface area (Å²) in [5.74, 6) is 0. The molecule has 8 heavy (non-hydrogen) atoms. The van der Waals surface area contributed by atoms with Crippen LogP contribution in [-0.4, -0.2) is 15.2 Å². The van der Waals surface area contributed by atoms with Crippen molar-refractivity contribution in [3.05, 3.63) is 0 Å². The Balaban J connectivity index is 3.74. The minimum absolute atomic E-state index is 1.52. The molecule has 0 aromatic heterocycles. The fourth-order valence-electron chi connectivity index (χ4n) is 0.0935. The van der Waals surface area contributed by atoms with Crippen LogP contribution in [0.5, 0.6) is 0 Å². The molecule has 48 valence electrons. The average molecular weight is 160 g/mol. The summed E-state index contributed by atoms with van der Waals surface area (Å²) >= 11 is 4.41. The molecule has 7 heteroatoms. The van der Waals surface area contributed by atoms with Crippen LogP contribution in [0.15, 0.2) is 0 Å². The van der Waals surface area contributed by atoms with Gasteiger partial charge in [-0.15, -0.1) is 0 Å². The number of hydrogen-bond donors (Lipinski definition) is 2. The first kappa shape index (κ1) is 7.91. The molecule has 5 nitrogen and oxygen atoms in total. The summed E-state index contributed by atoms with van der Waals surface area (Å²) in [6.07, 6.45) is 0. The molecule has 0 fully saturated rings. The van der Waals surface area contributed by atoms with Crippen molar-refractivity contribution in [3.8, 4) is 0 Å². The van der Waals surface area contributed by atoms with E-state index in [1.165, 1.54) is 0 Å². The molecule has 0 atom stereocenters. The van der Waals surface area contributed by atoms with E-state index in [9.17, 15) is 9.36 Å². The second-order valence-corrected chi connectivity index (χ2v) is 2.29. The zero-order chi connectivity index (χ0) is 6.78. The molecule has 0 aromatic carbocycles. The van der Waals surface area contributed by atoms with Crippen molar-refractivity contribution >= 4 is 24.9 Å². The summed E-state index contributed by atoms with van der Waals surface area (Å²) in [4.78, 5) is 25.1. The number of carbonyl (C=O) groups excluding carboxylic acids is 1. The van der Waals surface area contributed by atoms with Gasteiger partial charge in [-0.2, -0.15) is 0 Å². The highest BCUT2D eigenvalue weighted by atomic mass is 35.5. The molecule has 0 aromatic rings. The number of phosphoric acid groups is 1. The van der Waals surface area contributed by atoms with E-state index in [2.05, 4.69) is 16.1 Å². The fourth-order valence-corrected chi connectivity index (χ4v) is 0.550. The van der Waals surface area contributed by atoms with Gasteiger partial charge in [0.2, 0.25) is 0 Å². The van der Waals surface area contributed by atoms with Gasteiger partial charge in [0.15, 0.2) is 0 Å². The molecule has 0 aliphatic carbocycles. The third-order valence-corrected chi connectivity index (χ3v) is 0.779. The van der Waals surface area contributed by atoms with E-state index in [-0.39, 0.29) is 0 Å². The van der Waals surface area contributed by atoms with Gasteiger partial charge >= 0.3 is 13.3 Å². The minimum Gasteiger partial charge on any atom is -0.358 e. The Hall–Kier alpha value is -0.0900. The van der Waals surface area contributed by atoms with Gasteiger partial charge in [0.05, 0.1) is 0 Å². The van der Waals surface area contributed by atoms with Crippen molar-refractivity contribution < 1.29 is 23.7 Å². The molecular weight excluding hydrogens is 158 g/mol. The monoisotopic (exact) mass is 160 g/mol. The lowest BCUT2D eigenvalue weighted by molar-refractivity contribution is 0.199. The van der Waals surface area contributed by atoms with Crippen LogP contribution in [0, 0.1) is 0 Å². The largest absolute Gasteiger partial charge is 0.527 e. The zero-order valence-corrected chi connectivity index (χ0v) is 5.09. The highest BCUT2D eigenvalue weighted by Gasteiger charge is 2.17. The van der Waals surface area contributed by atoms with Gasteiger partial charge < -0.3 is 4.52 Å². The highest BCUT2D eigenvalue weighted by molar-refractivity contribution is 7.47. The van der Waals surface area contributed by atoms with Crippen LogP contribution in [0.25, 0.3) is 0 Å². The summed E-state index contributed by atoms with van der Waals surface area (Å²) in [5.41, 5.74) is -1.52. The molecule has 0 amide bonds. The Kier molecular flexibility index (Phi) is 2.43. The second kappa shape index (κ2) is 2.46. The lowest BCUT2D eigenvalue weighted by atomic mass is 11.6. The van der Waals surface area contributed by atoms with E-state index in [4.69, 9.17) is 9.79 Å². The quantitative estimate of drug-likeness (QED) is 0.430. The molecule has 0 saturated carbocycles. The standard InChI is InChI=1S/CH2ClO5P/c2-1(3)7-8(4,5)6/h(H2,4,5,6). The van der Waals surface area contributed by atoms with Crippen molar-refractivity contribution in [3.63, 3.8) is 0 Å². The summed E-state index contributed by atoms with van der Waals surface area (Å²) < 4.78 is 12.8. The lowest BCUT2D eigenvalue weighted by Crippen LogP contribution is -1.88. The lowest BCUT2D eigenvalue weighted by Gasteiger charge is -1.97. The van der Waals surface area contributed by atoms with Crippen LogP contribution >= 0.6 is 19.4 Å². The third-order valence-electron chi connectivity index (χ3n) is 0.191. The molecule has 0 aliphatic heterocycles. The van der Waals surface area contributed by atoms with Crippen molar-refractivity contribution in [1.82, 2.24) is 0 Å². The predicted molar refractivity (Wildman–Crippen MR) is 24.4 cm³/mol. The number of carbonyl (C=O) groups is 1. The Labute approximate surface area is 49.5 Å². The molecule has 0 spiro atoms. The van der Waals surface area contributed by atoms with E-state index in [0.717, 1.165) is 0 Å². The summed E-state index contributed by atoms with van der Waals surface area (Å²) in [6.45, 7) is 0. The smallest absolute Gasteiger partial charge is 0.358 e. The molecule has 0 heterocycles. The van der Waals surface area contributed by atoms with E-state index in [1.54, 1.807) is 0 Å². The second-order valence-electron chi connectivity index (χ2n) is 0.820. The van der Waals surface area contributed by atoms with Gasteiger partial charge in [-0.1, -0.05) is 0 Å². The van der Waals surface area contributed by atoms with Crippen LogP contribution in [0.4, 0.5) is 4.79 Å². The van der Waals surface area contributed by atoms with Gasteiger partial charge in [-0.3, -0.25) is 9.79 Å². The summed E-state index contributed by atoms with van der Waals surface area (Å²) in [5, 5.41) is 0. The number of halogens is 1.